The molecule has 2 fully saturated rings. The smallest absolute Gasteiger partial charge is 0.335 e. The van der Waals surface area contributed by atoms with E-state index in [4.69, 9.17) is 4.74 Å². The lowest BCUT2D eigenvalue weighted by atomic mass is 9.67. The molecule has 0 aromatic rings. The number of esters is 1. The third kappa shape index (κ3) is 4.38. The van der Waals surface area contributed by atoms with Gasteiger partial charge in [0.15, 0.2) is 5.78 Å². The molecular weight excluding hydrogens is 348 g/mol. The SMILES string of the molecule is CC(=O)C[C@@H]1C(=O)[C@](O)(CO)[C@@H]2CC[C@@](C)(C2)[C@H]1/C=C/OC(=O)C=C(C)C. The van der Waals surface area contributed by atoms with Gasteiger partial charge < -0.3 is 19.7 Å². The van der Waals surface area contributed by atoms with Gasteiger partial charge in [0.2, 0.25) is 0 Å². The van der Waals surface area contributed by atoms with Crippen LogP contribution in [0.4, 0.5) is 0 Å². The molecule has 27 heavy (non-hydrogen) atoms. The standard InChI is InChI=1S/C21H30O6/c1-13(2)9-18(24)27-8-6-17-16(10-14(3)23)19(25)21(26,12-22)15-5-7-20(17,4)11-15/h6,8-9,15-17,22,26H,5,7,10-12H2,1-4H3/b8-6+/t15-,16+,17+,20+,21+/m1/s1. The van der Waals surface area contributed by atoms with Gasteiger partial charge in [-0.3, -0.25) is 4.79 Å². The predicted octanol–water partition coefficient (Wildman–Crippen LogP) is 2.33. The highest BCUT2D eigenvalue weighted by molar-refractivity contribution is 5.94. The van der Waals surface area contributed by atoms with E-state index in [1.54, 1.807) is 19.9 Å². The Balaban J connectivity index is 2.38. The Labute approximate surface area is 160 Å². The Morgan fingerprint density at radius 2 is 1.96 bits per heavy atom. The number of allylic oxidation sites excluding steroid dienone is 2. The van der Waals surface area contributed by atoms with Crippen LogP contribution in [-0.2, 0) is 19.1 Å². The molecule has 0 aliphatic heterocycles. The molecule has 2 N–H and O–H groups in total. The van der Waals surface area contributed by atoms with Crippen LogP contribution in [0.5, 0.6) is 0 Å². The number of ether oxygens (including phenoxy) is 1. The molecular formula is C21H30O6. The van der Waals surface area contributed by atoms with Crippen LogP contribution in [0.1, 0.15) is 53.4 Å². The highest BCUT2D eigenvalue weighted by Gasteiger charge is 2.59. The Morgan fingerprint density at radius 3 is 2.52 bits per heavy atom. The lowest BCUT2D eigenvalue weighted by molar-refractivity contribution is -0.154. The minimum atomic E-state index is -1.82. The van der Waals surface area contributed by atoms with Gasteiger partial charge in [-0.2, -0.15) is 0 Å². The van der Waals surface area contributed by atoms with Gasteiger partial charge in [-0.25, -0.2) is 4.79 Å². The third-order valence-electron chi connectivity index (χ3n) is 6.08. The Hall–Kier alpha value is -1.79. The maximum Gasteiger partial charge on any atom is 0.335 e. The second-order valence-electron chi connectivity index (χ2n) is 8.57. The van der Waals surface area contributed by atoms with Crippen LogP contribution < -0.4 is 0 Å². The molecule has 0 amide bonds. The highest BCUT2D eigenvalue weighted by atomic mass is 16.5. The largest absolute Gasteiger partial charge is 0.432 e. The first-order valence-electron chi connectivity index (χ1n) is 9.42. The summed E-state index contributed by atoms with van der Waals surface area (Å²) >= 11 is 0. The molecule has 0 saturated heterocycles. The van der Waals surface area contributed by atoms with Crippen LogP contribution >= 0.6 is 0 Å². The zero-order chi connectivity index (χ0) is 20.4. The van der Waals surface area contributed by atoms with Gasteiger partial charge in [-0.05, 0) is 63.4 Å². The van der Waals surface area contributed by atoms with Crippen LogP contribution in [-0.4, -0.2) is 40.0 Å². The topological polar surface area (TPSA) is 101 Å². The fourth-order valence-electron chi connectivity index (χ4n) is 4.72. The molecule has 6 heteroatoms. The molecule has 0 radical (unpaired) electrons. The molecule has 0 heterocycles. The zero-order valence-corrected chi connectivity index (χ0v) is 16.5. The molecule has 2 bridgehead atoms. The first-order chi connectivity index (χ1) is 12.5. The van der Waals surface area contributed by atoms with Crippen molar-refractivity contribution in [2.24, 2.45) is 23.2 Å². The van der Waals surface area contributed by atoms with Gasteiger partial charge in [0, 0.05) is 18.4 Å². The summed E-state index contributed by atoms with van der Waals surface area (Å²) in [5.41, 5.74) is -1.33. The summed E-state index contributed by atoms with van der Waals surface area (Å²) in [4.78, 5) is 36.7. The maximum absolute atomic E-state index is 13.1. The molecule has 0 aromatic carbocycles. The highest BCUT2D eigenvalue weighted by Crippen LogP contribution is 2.57. The van der Waals surface area contributed by atoms with Crippen molar-refractivity contribution < 1.29 is 29.3 Å². The number of carbonyl (C=O) groups excluding carboxylic acids is 3. The maximum atomic E-state index is 13.1. The van der Waals surface area contributed by atoms with Gasteiger partial charge in [-0.15, -0.1) is 0 Å². The molecule has 6 nitrogen and oxygen atoms in total. The van der Waals surface area contributed by atoms with Crippen LogP contribution in [0, 0.1) is 23.2 Å². The molecule has 2 aliphatic rings. The van der Waals surface area contributed by atoms with Crippen molar-refractivity contribution in [3.8, 4) is 0 Å². The van der Waals surface area contributed by atoms with E-state index >= 15 is 0 Å². The number of ketones is 2. The molecule has 0 aromatic heterocycles. The normalized spacial score (nSPS) is 35.8. The molecule has 150 valence electrons. The summed E-state index contributed by atoms with van der Waals surface area (Å²) in [5, 5.41) is 20.7. The van der Waals surface area contributed by atoms with Gasteiger partial charge in [-0.1, -0.05) is 12.5 Å². The summed E-state index contributed by atoms with van der Waals surface area (Å²) in [5.74, 6) is -2.60. The molecule has 2 rings (SSSR count). The fourth-order valence-corrected chi connectivity index (χ4v) is 4.72. The van der Waals surface area contributed by atoms with Crippen molar-refractivity contribution in [3.63, 3.8) is 0 Å². The van der Waals surface area contributed by atoms with Crippen molar-refractivity contribution in [1.82, 2.24) is 0 Å². The lowest BCUT2D eigenvalue weighted by Crippen LogP contribution is -2.51. The summed E-state index contributed by atoms with van der Waals surface area (Å²) in [6.45, 7) is 6.36. The number of aliphatic hydroxyl groups excluding tert-OH is 1. The van der Waals surface area contributed by atoms with E-state index in [9.17, 15) is 24.6 Å². The zero-order valence-electron chi connectivity index (χ0n) is 16.5. The van der Waals surface area contributed by atoms with Crippen LogP contribution in [0.2, 0.25) is 0 Å². The van der Waals surface area contributed by atoms with Crippen molar-refractivity contribution in [2.45, 2.75) is 59.0 Å². The Bertz CT molecular complexity index is 674. The molecule has 2 saturated carbocycles. The van der Waals surface area contributed by atoms with Gasteiger partial charge >= 0.3 is 5.97 Å². The first-order valence-corrected chi connectivity index (χ1v) is 9.42. The number of rotatable bonds is 6. The third-order valence-corrected chi connectivity index (χ3v) is 6.08. The average Bonchev–Trinajstić information content (AvgIpc) is 2.96. The number of hydrogen-bond acceptors (Lipinski definition) is 6. The lowest BCUT2D eigenvalue weighted by Gasteiger charge is -2.37. The summed E-state index contributed by atoms with van der Waals surface area (Å²) in [6.07, 6.45) is 6.28. The van der Waals surface area contributed by atoms with Crippen molar-refractivity contribution in [1.29, 1.82) is 0 Å². The van der Waals surface area contributed by atoms with Crippen LogP contribution in [0.15, 0.2) is 24.0 Å². The minimum absolute atomic E-state index is 0.0135. The van der Waals surface area contributed by atoms with E-state index in [2.05, 4.69) is 0 Å². The second kappa shape index (κ2) is 8.07. The molecule has 5 atom stereocenters. The van der Waals surface area contributed by atoms with Crippen molar-refractivity contribution >= 4 is 17.5 Å². The number of aliphatic hydroxyl groups is 2. The molecule has 0 spiro atoms. The average molecular weight is 378 g/mol. The monoisotopic (exact) mass is 378 g/mol. The number of hydrogen-bond donors (Lipinski definition) is 2. The van der Waals surface area contributed by atoms with E-state index < -0.39 is 29.9 Å². The summed E-state index contributed by atoms with van der Waals surface area (Å²) < 4.78 is 5.11. The van der Waals surface area contributed by atoms with E-state index in [0.29, 0.717) is 12.8 Å². The van der Waals surface area contributed by atoms with Crippen LogP contribution in [0.3, 0.4) is 0 Å². The van der Waals surface area contributed by atoms with E-state index in [0.717, 1.165) is 12.0 Å². The predicted molar refractivity (Wildman–Crippen MR) is 99.4 cm³/mol. The van der Waals surface area contributed by atoms with Gasteiger partial charge in [0.1, 0.15) is 11.4 Å². The second-order valence-corrected chi connectivity index (χ2v) is 8.57. The van der Waals surface area contributed by atoms with Gasteiger partial charge in [0.05, 0.1) is 12.9 Å². The van der Waals surface area contributed by atoms with E-state index in [1.807, 2.05) is 6.92 Å². The Kier molecular flexibility index (Phi) is 6.43. The summed E-state index contributed by atoms with van der Waals surface area (Å²) in [6, 6.07) is 0. The number of Topliss-reactive ketones (excluding diaryl/α,β-unsaturated/α-hetero) is 2. The minimum Gasteiger partial charge on any atom is -0.432 e. The van der Waals surface area contributed by atoms with E-state index in [-0.39, 0.29) is 29.5 Å². The van der Waals surface area contributed by atoms with Crippen molar-refractivity contribution in [3.05, 3.63) is 24.0 Å². The fraction of sp³-hybridized carbons (Fsp3) is 0.667. The van der Waals surface area contributed by atoms with Crippen molar-refractivity contribution in [2.75, 3.05) is 6.61 Å². The quantitative estimate of drug-likeness (QED) is 0.418. The van der Waals surface area contributed by atoms with E-state index in [1.165, 1.54) is 19.3 Å². The number of carbonyl (C=O) groups is 3. The molecule has 2 aliphatic carbocycles. The molecule has 0 unspecified atom stereocenters. The Morgan fingerprint density at radius 1 is 1.30 bits per heavy atom. The van der Waals surface area contributed by atoms with Crippen LogP contribution in [0.25, 0.3) is 0 Å². The van der Waals surface area contributed by atoms with Gasteiger partial charge in [0.25, 0.3) is 0 Å². The number of fused-ring (bicyclic) bond motifs is 2. The first kappa shape index (κ1) is 21.5. The summed E-state index contributed by atoms with van der Waals surface area (Å²) in [7, 11) is 0.